The zero-order valence-electron chi connectivity index (χ0n) is 16.2. The molecule has 144 valence electrons. The van der Waals surface area contributed by atoms with Crippen LogP contribution in [0.4, 0.5) is 0 Å². The molecule has 0 fully saturated rings. The first kappa shape index (κ1) is 18.2. The summed E-state index contributed by atoms with van der Waals surface area (Å²) in [4.78, 5) is 16.7. The fourth-order valence-electron chi connectivity index (χ4n) is 3.68. The number of amides is 1. The van der Waals surface area contributed by atoms with Crippen LogP contribution < -0.4 is 10.2 Å². The maximum Gasteiger partial charge on any atom is 0.243 e. The monoisotopic (exact) mass is 377 g/mol. The molecule has 1 aliphatic heterocycles. The predicted molar refractivity (Wildman–Crippen MR) is 108 cm³/mol. The second-order valence-electron chi connectivity index (χ2n) is 7.09. The molecule has 2 heterocycles. The number of hydrazone groups is 1. The highest BCUT2D eigenvalue weighted by molar-refractivity contribution is 6.07. The third-order valence-electron chi connectivity index (χ3n) is 5.28. The van der Waals surface area contributed by atoms with Crippen LogP contribution in [0.5, 0.6) is 5.75 Å². The molecule has 0 bridgehead atoms. The highest BCUT2D eigenvalue weighted by atomic mass is 16.5. The van der Waals surface area contributed by atoms with Crippen molar-refractivity contribution < 1.29 is 13.9 Å². The number of benzene rings is 2. The standard InChI is InChI=1S/C22H23N3O3/c1-4-5-17-13(2)20(24-25-21(17)26)15-8-11-18-19(12-15)28-22(23-18)14-6-9-16(27-3)10-7-14/h6-13,17H,4-5H2,1-3H3,(H,25,26)/t13-,17-/m0/s1. The Labute approximate surface area is 163 Å². The molecule has 1 N–H and O–H groups in total. The van der Waals surface area contributed by atoms with Crippen LogP contribution in [-0.4, -0.2) is 23.7 Å². The second-order valence-corrected chi connectivity index (χ2v) is 7.09. The van der Waals surface area contributed by atoms with E-state index in [-0.39, 0.29) is 17.7 Å². The molecule has 6 heteroatoms. The van der Waals surface area contributed by atoms with Gasteiger partial charge in [-0.2, -0.15) is 5.10 Å². The first-order valence-electron chi connectivity index (χ1n) is 9.53. The Kier molecular flexibility index (Phi) is 4.86. The van der Waals surface area contributed by atoms with Crippen LogP contribution in [0.3, 0.4) is 0 Å². The zero-order valence-corrected chi connectivity index (χ0v) is 16.2. The molecule has 0 radical (unpaired) electrons. The number of ether oxygens (including phenoxy) is 1. The Bertz CT molecular complexity index is 1040. The van der Waals surface area contributed by atoms with Gasteiger partial charge in [0, 0.05) is 23.0 Å². The summed E-state index contributed by atoms with van der Waals surface area (Å²) in [5.74, 6) is 1.34. The molecule has 1 amide bonds. The van der Waals surface area contributed by atoms with Crippen LogP contribution >= 0.6 is 0 Å². The summed E-state index contributed by atoms with van der Waals surface area (Å²) < 4.78 is 11.2. The molecule has 6 nitrogen and oxygen atoms in total. The average molecular weight is 377 g/mol. The molecular weight excluding hydrogens is 354 g/mol. The number of nitrogens with zero attached hydrogens (tertiary/aromatic N) is 2. The summed E-state index contributed by atoms with van der Waals surface area (Å²) in [6.07, 6.45) is 1.81. The number of oxazole rings is 1. The summed E-state index contributed by atoms with van der Waals surface area (Å²) >= 11 is 0. The van der Waals surface area contributed by atoms with Gasteiger partial charge in [-0.05, 0) is 42.8 Å². The van der Waals surface area contributed by atoms with Gasteiger partial charge in [-0.3, -0.25) is 4.79 Å². The van der Waals surface area contributed by atoms with Crippen LogP contribution in [-0.2, 0) is 4.79 Å². The Morgan fingerprint density at radius 1 is 1.14 bits per heavy atom. The van der Waals surface area contributed by atoms with E-state index in [2.05, 4.69) is 29.4 Å². The lowest BCUT2D eigenvalue weighted by atomic mass is 9.82. The average Bonchev–Trinajstić information content (AvgIpc) is 3.14. The molecule has 2 aromatic carbocycles. The highest BCUT2D eigenvalue weighted by Crippen LogP contribution is 2.30. The van der Waals surface area contributed by atoms with Gasteiger partial charge in [0.1, 0.15) is 11.3 Å². The number of fused-ring (bicyclic) bond motifs is 1. The van der Waals surface area contributed by atoms with E-state index in [1.54, 1.807) is 7.11 Å². The van der Waals surface area contributed by atoms with E-state index in [9.17, 15) is 4.79 Å². The van der Waals surface area contributed by atoms with Gasteiger partial charge in [-0.25, -0.2) is 10.4 Å². The van der Waals surface area contributed by atoms with Gasteiger partial charge in [0.2, 0.25) is 11.8 Å². The Balaban J connectivity index is 1.67. The molecule has 1 aromatic heterocycles. The van der Waals surface area contributed by atoms with Gasteiger partial charge >= 0.3 is 0 Å². The normalized spacial score (nSPS) is 19.4. The number of carbonyl (C=O) groups excluding carboxylic acids is 1. The summed E-state index contributed by atoms with van der Waals surface area (Å²) in [6.45, 7) is 4.15. The fourth-order valence-corrected chi connectivity index (χ4v) is 3.68. The van der Waals surface area contributed by atoms with Gasteiger partial charge in [0.15, 0.2) is 5.58 Å². The topological polar surface area (TPSA) is 76.7 Å². The Morgan fingerprint density at radius 3 is 2.61 bits per heavy atom. The largest absolute Gasteiger partial charge is 0.497 e. The molecule has 1 aliphatic rings. The molecular formula is C22H23N3O3. The summed E-state index contributed by atoms with van der Waals surface area (Å²) in [5.41, 5.74) is 6.86. The van der Waals surface area contributed by atoms with Crippen molar-refractivity contribution in [3.63, 3.8) is 0 Å². The number of aromatic nitrogens is 1. The maximum atomic E-state index is 12.1. The van der Waals surface area contributed by atoms with Crippen LogP contribution in [0.15, 0.2) is 52.0 Å². The van der Waals surface area contributed by atoms with Crippen molar-refractivity contribution in [1.29, 1.82) is 0 Å². The Hall–Kier alpha value is -3.15. The van der Waals surface area contributed by atoms with E-state index >= 15 is 0 Å². The molecule has 28 heavy (non-hydrogen) atoms. The zero-order chi connectivity index (χ0) is 19.7. The maximum absolute atomic E-state index is 12.1. The predicted octanol–water partition coefficient (Wildman–Crippen LogP) is 4.39. The van der Waals surface area contributed by atoms with E-state index in [0.29, 0.717) is 11.5 Å². The number of rotatable bonds is 5. The summed E-state index contributed by atoms with van der Waals surface area (Å²) in [5, 5.41) is 4.33. The van der Waals surface area contributed by atoms with E-state index in [1.165, 1.54) is 0 Å². The molecule has 0 saturated heterocycles. The number of hydrogen-bond donors (Lipinski definition) is 1. The van der Waals surface area contributed by atoms with E-state index in [1.807, 2.05) is 42.5 Å². The highest BCUT2D eigenvalue weighted by Gasteiger charge is 2.32. The second kappa shape index (κ2) is 7.46. The first-order chi connectivity index (χ1) is 13.6. The number of carbonyl (C=O) groups is 1. The van der Waals surface area contributed by atoms with E-state index in [0.717, 1.165) is 40.9 Å². The lowest BCUT2D eigenvalue weighted by Crippen LogP contribution is -2.40. The third-order valence-corrected chi connectivity index (χ3v) is 5.28. The van der Waals surface area contributed by atoms with Gasteiger partial charge < -0.3 is 9.15 Å². The molecule has 4 rings (SSSR count). The van der Waals surface area contributed by atoms with Crippen LogP contribution in [0.1, 0.15) is 32.3 Å². The van der Waals surface area contributed by atoms with E-state index < -0.39 is 0 Å². The summed E-state index contributed by atoms with van der Waals surface area (Å²) in [7, 11) is 1.64. The van der Waals surface area contributed by atoms with Gasteiger partial charge in [0.05, 0.1) is 12.8 Å². The minimum atomic E-state index is -0.0576. The van der Waals surface area contributed by atoms with Crippen molar-refractivity contribution >= 4 is 22.7 Å². The lowest BCUT2D eigenvalue weighted by molar-refractivity contribution is -0.126. The van der Waals surface area contributed by atoms with Gasteiger partial charge in [-0.15, -0.1) is 0 Å². The van der Waals surface area contributed by atoms with Gasteiger partial charge in [0.25, 0.3) is 0 Å². The van der Waals surface area contributed by atoms with Crippen molar-refractivity contribution in [2.75, 3.05) is 7.11 Å². The van der Waals surface area contributed by atoms with Crippen molar-refractivity contribution in [2.24, 2.45) is 16.9 Å². The van der Waals surface area contributed by atoms with Crippen molar-refractivity contribution in [3.05, 3.63) is 48.0 Å². The number of nitrogens with one attached hydrogen (secondary N) is 1. The third kappa shape index (κ3) is 3.26. The minimum Gasteiger partial charge on any atom is -0.497 e. The number of methoxy groups -OCH3 is 1. The fraction of sp³-hybridized carbons (Fsp3) is 0.318. The van der Waals surface area contributed by atoms with E-state index in [4.69, 9.17) is 9.15 Å². The molecule has 0 aliphatic carbocycles. The SMILES string of the molecule is CCC[C@@H]1C(=O)NN=C(c2ccc3nc(-c4ccc(OC)cc4)oc3c2)[C@H]1C. The summed E-state index contributed by atoms with van der Waals surface area (Å²) in [6, 6.07) is 13.5. The minimum absolute atomic E-state index is 0.000588. The van der Waals surface area contributed by atoms with Gasteiger partial charge in [-0.1, -0.05) is 26.3 Å². The first-order valence-corrected chi connectivity index (χ1v) is 9.53. The van der Waals surface area contributed by atoms with Crippen LogP contribution in [0, 0.1) is 11.8 Å². The van der Waals surface area contributed by atoms with Crippen molar-refractivity contribution in [2.45, 2.75) is 26.7 Å². The molecule has 3 aromatic rings. The van der Waals surface area contributed by atoms with Crippen LogP contribution in [0.25, 0.3) is 22.6 Å². The molecule has 0 spiro atoms. The Morgan fingerprint density at radius 2 is 1.89 bits per heavy atom. The van der Waals surface area contributed by atoms with Crippen LogP contribution in [0.2, 0.25) is 0 Å². The number of hydrogen-bond acceptors (Lipinski definition) is 5. The smallest absolute Gasteiger partial charge is 0.243 e. The molecule has 0 unspecified atom stereocenters. The molecule has 0 saturated carbocycles. The quantitative estimate of drug-likeness (QED) is 0.715. The van der Waals surface area contributed by atoms with Crippen molar-refractivity contribution in [3.8, 4) is 17.2 Å². The van der Waals surface area contributed by atoms with Crippen molar-refractivity contribution in [1.82, 2.24) is 10.4 Å². The lowest BCUT2D eigenvalue weighted by Gasteiger charge is -2.27. The molecule has 2 atom stereocenters.